The molecule has 2 saturated carbocycles. The van der Waals surface area contributed by atoms with Gasteiger partial charge in [0.2, 0.25) is 13.6 Å². The number of carbonyl (C=O) groups excluding carboxylic acids is 6. The summed E-state index contributed by atoms with van der Waals surface area (Å²) >= 11 is 12.7. The van der Waals surface area contributed by atoms with E-state index < -0.39 is 73.0 Å². The number of halogens is 6. The summed E-state index contributed by atoms with van der Waals surface area (Å²) in [5, 5.41) is 7.95. The van der Waals surface area contributed by atoms with Crippen molar-refractivity contribution in [1.29, 1.82) is 0 Å². The number of amides is 2. The average molecular weight is 1030 g/mol. The molecule has 2 amide bonds. The van der Waals surface area contributed by atoms with Crippen molar-refractivity contribution in [3.63, 3.8) is 0 Å². The number of ketones is 2. The van der Waals surface area contributed by atoms with Gasteiger partial charge in [0.15, 0.2) is 11.6 Å². The molecule has 0 saturated heterocycles. The van der Waals surface area contributed by atoms with Gasteiger partial charge in [-0.15, -0.1) is 12.4 Å². The Kier molecular flexibility index (Phi) is 28.9. The number of alkyl halides is 3. The molecule has 4 rings (SSSR count). The maximum Gasteiger partial charge on any atom is 0.490 e. The number of esters is 2. The zero-order chi connectivity index (χ0) is 49.3. The molecule has 4 atom stereocenters. The molecule has 0 radical (unpaired) electrons. The Morgan fingerprint density at radius 3 is 1.24 bits per heavy atom. The largest absolute Gasteiger partial charge is 0.490 e. The molecule has 22 heteroatoms. The highest BCUT2D eigenvalue weighted by Crippen LogP contribution is 2.44. The third-order valence-electron chi connectivity index (χ3n) is 10.7. The van der Waals surface area contributed by atoms with Crippen LogP contribution in [0.4, 0.5) is 22.8 Å². The molecule has 2 aromatic carbocycles. The number of Topliss-reactive ketones (excluding diaryl/α,β-unsaturated/α-hetero) is 2. The number of hydrogen-bond donors (Lipinski definition) is 3. The lowest BCUT2D eigenvalue weighted by Gasteiger charge is -2.43. The SMILES string of the molecule is C.C.CC(C)C[C@H](N)C(=O)OCOC(=O)N(C)[C@]1(c2ccccc2Cl)CCCCC1=O.CC(C)C[C@H](N)C(=O)OCOC(=O)N(C)[C@]1(c2ccccc2Cl)CCCCC1=O.Cl.O=C(O)C(F)(F)F. The standard InChI is InChI=1S/2C21H29ClN2O5.C2HF3O2.2CH4.ClH/c2*1-14(2)12-17(23)19(26)28-13-29-20(27)24(3)21(11-7-6-10-18(21)25)15-8-4-5-9-16(15)22;3-2(4,5)1(6)7;;;/h2*4-5,8-9,14,17H,6-7,10-13,23H2,1-3H3;(H,6,7);2*1H4;1H/t2*17-,21-;;;;/m00..../s1. The van der Waals surface area contributed by atoms with Crippen LogP contribution in [0.5, 0.6) is 0 Å². The van der Waals surface area contributed by atoms with Crippen LogP contribution >= 0.6 is 35.6 Å². The van der Waals surface area contributed by atoms with E-state index in [1.807, 2.05) is 27.7 Å². The van der Waals surface area contributed by atoms with E-state index in [0.717, 1.165) is 25.7 Å². The van der Waals surface area contributed by atoms with Crippen LogP contribution < -0.4 is 11.5 Å². The van der Waals surface area contributed by atoms with E-state index in [0.29, 0.717) is 59.7 Å². The number of carboxylic acids is 1. The summed E-state index contributed by atoms with van der Waals surface area (Å²) in [6.45, 7) is 6.63. The first-order valence-electron chi connectivity index (χ1n) is 20.9. The average Bonchev–Trinajstić information content (AvgIpc) is 3.23. The van der Waals surface area contributed by atoms with Crippen molar-refractivity contribution in [3.05, 3.63) is 69.7 Å². The summed E-state index contributed by atoms with van der Waals surface area (Å²) in [5.41, 5.74) is 10.3. The van der Waals surface area contributed by atoms with E-state index in [1.165, 1.54) is 23.9 Å². The van der Waals surface area contributed by atoms with Crippen LogP contribution in [0, 0.1) is 11.8 Å². The molecule has 386 valence electrons. The lowest BCUT2D eigenvalue weighted by molar-refractivity contribution is -0.192. The van der Waals surface area contributed by atoms with Crippen molar-refractivity contribution in [2.24, 2.45) is 23.3 Å². The maximum atomic E-state index is 13.0. The van der Waals surface area contributed by atoms with Crippen LogP contribution in [-0.4, -0.2) is 103 Å². The zero-order valence-electron chi connectivity index (χ0n) is 37.7. The number of aliphatic carboxylic acids is 1. The normalized spacial score (nSPS) is 18.5. The molecule has 0 spiro atoms. The van der Waals surface area contributed by atoms with Gasteiger partial charge in [-0.25, -0.2) is 14.4 Å². The van der Waals surface area contributed by atoms with Gasteiger partial charge in [0.1, 0.15) is 23.2 Å². The van der Waals surface area contributed by atoms with E-state index in [-0.39, 0.29) is 50.7 Å². The molecule has 0 unspecified atom stereocenters. The van der Waals surface area contributed by atoms with Crippen LogP contribution in [0.3, 0.4) is 0 Å². The zero-order valence-corrected chi connectivity index (χ0v) is 40.0. The van der Waals surface area contributed by atoms with Crippen molar-refractivity contribution >= 4 is 77.3 Å². The van der Waals surface area contributed by atoms with E-state index >= 15 is 0 Å². The second-order valence-corrected chi connectivity index (χ2v) is 17.1. The molecule has 2 aromatic rings. The molecule has 2 fully saturated rings. The highest BCUT2D eigenvalue weighted by Gasteiger charge is 2.50. The molecule has 68 heavy (non-hydrogen) atoms. The van der Waals surface area contributed by atoms with Gasteiger partial charge in [0.25, 0.3) is 0 Å². The number of likely N-dealkylation sites (N-methyl/N-ethyl adjacent to an activating group) is 2. The second kappa shape index (κ2) is 30.0. The first-order chi connectivity index (χ1) is 30.3. The van der Waals surface area contributed by atoms with Crippen molar-refractivity contribution in [1.82, 2.24) is 9.80 Å². The predicted octanol–water partition coefficient (Wildman–Crippen LogP) is 9.57. The van der Waals surface area contributed by atoms with E-state index in [2.05, 4.69) is 0 Å². The summed E-state index contributed by atoms with van der Waals surface area (Å²) in [4.78, 5) is 86.5. The first kappa shape index (κ1) is 65.4. The van der Waals surface area contributed by atoms with Crippen LogP contribution in [0.1, 0.15) is 118 Å². The van der Waals surface area contributed by atoms with E-state index in [1.54, 1.807) is 48.5 Å². The van der Waals surface area contributed by atoms with Crippen molar-refractivity contribution in [2.75, 3.05) is 27.7 Å². The second-order valence-electron chi connectivity index (χ2n) is 16.3. The summed E-state index contributed by atoms with van der Waals surface area (Å²) < 4.78 is 51.9. The summed E-state index contributed by atoms with van der Waals surface area (Å²) in [6, 6.07) is 12.4. The number of carboxylic acid groups (broad SMARTS) is 1. The summed E-state index contributed by atoms with van der Waals surface area (Å²) in [7, 11) is 3.00. The highest BCUT2D eigenvalue weighted by molar-refractivity contribution is 6.32. The van der Waals surface area contributed by atoms with Crippen molar-refractivity contribution in [3.8, 4) is 0 Å². The molecule has 0 aliphatic heterocycles. The number of nitrogens with two attached hydrogens (primary N) is 2. The quantitative estimate of drug-likeness (QED) is 0.118. The smallest absolute Gasteiger partial charge is 0.475 e. The van der Waals surface area contributed by atoms with Gasteiger partial charge in [0.05, 0.1) is 0 Å². The van der Waals surface area contributed by atoms with Gasteiger partial charge in [-0.05, 0) is 75.3 Å². The molecule has 2 aliphatic carbocycles. The fourth-order valence-electron chi connectivity index (χ4n) is 7.46. The predicted molar refractivity (Wildman–Crippen MR) is 253 cm³/mol. The van der Waals surface area contributed by atoms with Crippen LogP contribution in [0.25, 0.3) is 0 Å². The number of nitrogens with zero attached hydrogens (tertiary/aromatic N) is 2. The monoisotopic (exact) mass is 1030 g/mol. The topological polar surface area (TPSA) is 235 Å². The minimum atomic E-state index is -5.08. The molecule has 0 aromatic heterocycles. The van der Waals surface area contributed by atoms with Gasteiger partial charge in [-0.3, -0.25) is 29.0 Å². The number of ether oxygens (including phenoxy) is 4. The lowest BCUT2D eigenvalue weighted by atomic mass is 9.74. The van der Waals surface area contributed by atoms with Crippen molar-refractivity contribution < 1.29 is 70.8 Å². The van der Waals surface area contributed by atoms with Crippen molar-refractivity contribution in [2.45, 2.75) is 136 Å². The van der Waals surface area contributed by atoms with Gasteiger partial charge in [-0.1, -0.05) is 102 Å². The van der Waals surface area contributed by atoms with Gasteiger partial charge in [0, 0.05) is 48.1 Å². The number of benzene rings is 2. The molecule has 16 nitrogen and oxygen atoms in total. The third kappa shape index (κ3) is 18.0. The molecule has 0 heterocycles. The van der Waals surface area contributed by atoms with Gasteiger partial charge in [-0.2, -0.15) is 13.2 Å². The highest BCUT2D eigenvalue weighted by atomic mass is 35.5. The molecular formula is C46H68Cl3F3N4O12. The van der Waals surface area contributed by atoms with Crippen LogP contribution in [0.15, 0.2) is 48.5 Å². The minimum Gasteiger partial charge on any atom is -0.475 e. The van der Waals surface area contributed by atoms with Crippen LogP contribution in [0.2, 0.25) is 10.0 Å². The number of hydrogen-bond acceptors (Lipinski definition) is 13. The summed E-state index contributed by atoms with van der Waals surface area (Å²) in [6.07, 6.45) is -1.03. The van der Waals surface area contributed by atoms with E-state index in [9.17, 15) is 41.9 Å². The Hall–Kier alpha value is -4.69. The summed E-state index contributed by atoms with van der Waals surface area (Å²) in [5.74, 6) is -3.74. The third-order valence-corrected chi connectivity index (χ3v) is 11.4. The molecule has 0 bridgehead atoms. The molecular weight excluding hydrogens is 964 g/mol. The number of rotatable bonds is 14. The van der Waals surface area contributed by atoms with Gasteiger partial charge >= 0.3 is 36.3 Å². The molecule has 5 N–H and O–H groups in total. The molecule has 2 aliphatic rings. The van der Waals surface area contributed by atoms with E-state index in [4.69, 9.17) is 63.5 Å². The Morgan fingerprint density at radius 2 is 0.971 bits per heavy atom. The van der Waals surface area contributed by atoms with Crippen LogP contribution in [-0.2, 0) is 54.0 Å². The maximum absolute atomic E-state index is 13.0. The Bertz CT molecular complexity index is 1850. The first-order valence-corrected chi connectivity index (χ1v) is 21.6. The Labute approximate surface area is 413 Å². The van der Waals surface area contributed by atoms with Gasteiger partial charge < -0.3 is 35.5 Å². The number of carbonyl (C=O) groups is 7. The lowest BCUT2D eigenvalue weighted by Crippen LogP contribution is -2.54. The fraction of sp³-hybridized carbons (Fsp3) is 0.587. The minimum absolute atomic E-state index is 0. The fourth-order valence-corrected chi connectivity index (χ4v) is 8.05. The Balaban J connectivity index is 0. The Morgan fingerprint density at radius 1 is 0.662 bits per heavy atom.